The van der Waals surface area contributed by atoms with E-state index in [0.717, 1.165) is 13.1 Å². The van der Waals surface area contributed by atoms with Crippen molar-refractivity contribution in [3.63, 3.8) is 0 Å². The molecule has 1 aromatic carbocycles. The Morgan fingerprint density at radius 3 is 2.69 bits per heavy atom. The summed E-state index contributed by atoms with van der Waals surface area (Å²) in [6.45, 7) is 2.90. The molecule has 2 aromatic rings. The minimum Gasteiger partial charge on any atom is -0.360 e. The van der Waals surface area contributed by atoms with Crippen LogP contribution in [0.15, 0.2) is 24.5 Å². The highest BCUT2D eigenvalue weighted by atomic mass is 35.5. The van der Waals surface area contributed by atoms with E-state index in [-0.39, 0.29) is 28.9 Å². The monoisotopic (exact) mass is 380 g/mol. The van der Waals surface area contributed by atoms with Crippen molar-refractivity contribution in [3.05, 3.63) is 51.0 Å². The lowest BCUT2D eigenvalue weighted by atomic mass is 10.2. The van der Waals surface area contributed by atoms with Crippen LogP contribution in [0.3, 0.4) is 0 Å². The lowest BCUT2D eigenvalue weighted by Gasteiger charge is -2.32. The molecule has 0 aliphatic carbocycles. The topological polar surface area (TPSA) is 87.4 Å². The van der Waals surface area contributed by atoms with E-state index in [4.69, 9.17) is 11.6 Å². The van der Waals surface area contributed by atoms with E-state index in [1.165, 1.54) is 18.5 Å². The number of benzene rings is 1. The Morgan fingerprint density at radius 1 is 1.31 bits per heavy atom. The van der Waals surface area contributed by atoms with Crippen LogP contribution in [0.2, 0.25) is 5.02 Å². The molecule has 0 saturated carbocycles. The van der Waals surface area contributed by atoms with Crippen molar-refractivity contribution < 1.29 is 9.31 Å². The van der Waals surface area contributed by atoms with Crippen molar-refractivity contribution in [1.82, 2.24) is 14.9 Å². The molecule has 1 aliphatic heterocycles. The molecule has 1 aliphatic rings. The number of piperazine rings is 1. The van der Waals surface area contributed by atoms with Crippen LogP contribution in [0.1, 0.15) is 5.56 Å². The van der Waals surface area contributed by atoms with Gasteiger partial charge in [0.2, 0.25) is 11.6 Å². The molecular formula is C16H18ClFN6O2. The molecule has 0 amide bonds. The summed E-state index contributed by atoms with van der Waals surface area (Å²) in [6.07, 6.45) is 1.28. The number of likely N-dealkylation sites (N-methyl/N-ethyl adjacent to an activating group) is 1. The standard InChI is InChI=1S/C16H18ClFN6O2/c1-22-4-6-23(7-5-22)16-14(24(25)26)15(20-10-21-16)19-9-11-2-3-12(17)8-13(11)18/h2-3,8,10H,4-7,9H2,1H3,(H,19,20,21). The molecule has 26 heavy (non-hydrogen) atoms. The minimum atomic E-state index is -0.506. The van der Waals surface area contributed by atoms with Crippen molar-refractivity contribution in [3.8, 4) is 0 Å². The van der Waals surface area contributed by atoms with Gasteiger partial charge in [0.05, 0.1) is 4.92 Å². The Balaban J connectivity index is 1.85. The molecule has 3 rings (SSSR count). The number of nitrogens with one attached hydrogen (secondary N) is 1. The highest BCUT2D eigenvalue weighted by Crippen LogP contribution is 2.32. The zero-order chi connectivity index (χ0) is 18.7. The van der Waals surface area contributed by atoms with Crippen molar-refractivity contribution in [1.29, 1.82) is 0 Å². The first-order chi connectivity index (χ1) is 12.5. The molecular weight excluding hydrogens is 363 g/mol. The molecule has 1 N–H and O–H groups in total. The van der Waals surface area contributed by atoms with Crippen LogP contribution in [-0.2, 0) is 6.54 Å². The molecule has 1 aromatic heterocycles. The van der Waals surface area contributed by atoms with Gasteiger partial charge >= 0.3 is 5.69 Å². The van der Waals surface area contributed by atoms with E-state index in [0.29, 0.717) is 18.7 Å². The van der Waals surface area contributed by atoms with Crippen molar-refractivity contribution >= 4 is 28.9 Å². The zero-order valence-corrected chi connectivity index (χ0v) is 14.9. The van der Waals surface area contributed by atoms with Crippen molar-refractivity contribution in [2.24, 2.45) is 0 Å². The number of aromatic nitrogens is 2. The quantitative estimate of drug-likeness (QED) is 0.630. The number of hydrogen-bond acceptors (Lipinski definition) is 7. The van der Waals surface area contributed by atoms with Gasteiger partial charge in [0, 0.05) is 43.3 Å². The number of rotatable bonds is 5. The molecule has 8 nitrogen and oxygen atoms in total. The van der Waals surface area contributed by atoms with E-state index < -0.39 is 10.7 Å². The predicted octanol–water partition coefficient (Wildman–Crippen LogP) is 2.54. The maximum Gasteiger partial charge on any atom is 0.353 e. The number of anilines is 2. The first kappa shape index (κ1) is 18.3. The minimum absolute atomic E-state index is 0.0447. The molecule has 0 unspecified atom stereocenters. The van der Waals surface area contributed by atoms with Gasteiger partial charge in [-0.25, -0.2) is 14.4 Å². The summed E-state index contributed by atoms with van der Waals surface area (Å²) in [5.41, 5.74) is 0.134. The fourth-order valence-electron chi connectivity index (χ4n) is 2.76. The maximum atomic E-state index is 13.9. The van der Waals surface area contributed by atoms with Crippen molar-refractivity contribution in [2.75, 3.05) is 43.4 Å². The Bertz CT molecular complexity index is 813. The summed E-state index contributed by atoms with van der Waals surface area (Å²) in [4.78, 5) is 23.2. The second kappa shape index (κ2) is 7.79. The molecule has 2 heterocycles. The van der Waals surface area contributed by atoms with Gasteiger partial charge in [-0.1, -0.05) is 17.7 Å². The van der Waals surface area contributed by atoms with E-state index in [1.54, 1.807) is 6.07 Å². The van der Waals surface area contributed by atoms with E-state index in [9.17, 15) is 14.5 Å². The summed E-state index contributed by atoms with van der Waals surface area (Å²) in [5.74, 6) is -0.147. The second-order valence-corrected chi connectivity index (χ2v) is 6.47. The SMILES string of the molecule is CN1CCN(c2ncnc(NCc3ccc(Cl)cc3F)c2[N+](=O)[O-])CC1. The summed E-state index contributed by atoms with van der Waals surface area (Å²) in [7, 11) is 2.00. The molecule has 10 heteroatoms. The molecule has 0 bridgehead atoms. The van der Waals surface area contributed by atoms with Crippen LogP contribution in [0, 0.1) is 15.9 Å². The first-order valence-corrected chi connectivity index (χ1v) is 8.44. The van der Waals surface area contributed by atoms with Crippen LogP contribution in [0.5, 0.6) is 0 Å². The molecule has 1 fully saturated rings. The Labute approximate surface area is 154 Å². The van der Waals surface area contributed by atoms with Gasteiger partial charge < -0.3 is 15.1 Å². The van der Waals surface area contributed by atoms with E-state index in [2.05, 4.69) is 20.2 Å². The third kappa shape index (κ3) is 4.00. The lowest BCUT2D eigenvalue weighted by molar-refractivity contribution is -0.383. The van der Waals surface area contributed by atoms with Crippen LogP contribution < -0.4 is 10.2 Å². The third-order valence-electron chi connectivity index (χ3n) is 4.25. The van der Waals surface area contributed by atoms with Gasteiger partial charge in [0.15, 0.2) is 0 Å². The van der Waals surface area contributed by atoms with Crippen LogP contribution in [0.4, 0.5) is 21.7 Å². The third-order valence-corrected chi connectivity index (χ3v) is 4.48. The van der Waals surface area contributed by atoms with E-state index >= 15 is 0 Å². The van der Waals surface area contributed by atoms with Crippen molar-refractivity contribution in [2.45, 2.75) is 6.54 Å². The molecule has 0 spiro atoms. The fraction of sp³-hybridized carbons (Fsp3) is 0.375. The largest absolute Gasteiger partial charge is 0.360 e. The molecule has 0 atom stereocenters. The first-order valence-electron chi connectivity index (χ1n) is 8.06. The Kier molecular flexibility index (Phi) is 5.48. The number of nitro groups is 1. The van der Waals surface area contributed by atoms with Gasteiger partial charge in [-0.15, -0.1) is 0 Å². The fourth-order valence-corrected chi connectivity index (χ4v) is 2.92. The van der Waals surface area contributed by atoms with Gasteiger partial charge in [0.25, 0.3) is 0 Å². The average molecular weight is 381 g/mol. The van der Waals surface area contributed by atoms with Gasteiger partial charge in [-0.3, -0.25) is 10.1 Å². The highest BCUT2D eigenvalue weighted by Gasteiger charge is 2.28. The molecule has 1 saturated heterocycles. The lowest BCUT2D eigenvalue weighted by Crippen LogP contribution is -2.45. The average Bonchev–Trinajstić information content (AvgIpc) is 2.61. The Morgan fingerprint density at radius 2 is 2.04 bits per heavy atom. The predicted molar refractivity (Wildman–Crippen MR) is 97.1 cm³/mol. The number of halogens is 2. The summed E-state index contributed by atoms with van der Waals surface area (Å²) < 4.78 is 13.9. The summed E-state index contributed by atoms with van der Waals surface area (Å²) >= 11 is 5.74. The second-order valence-electron chi connectivity index (χ2n) is 6.03. The molecule has 138 valence electrons. The normalized spacial score (nSPS) is 15.1. The van der Waals surface area contributed by atoms with Gasteiger partial charge in [-0.05, 0) is 19.2 Å². The zero-order valence-electron chi connectivity index (χ0n) is 14.2. The molecule has 0 radical (unpaired) electrons. The summed E-state index contributed by atoms with van der Waals surface area (Å²) in [5, 5.41) is 14.8. The van der Waals surface area contributed by atoms with E-state index in [1.807, 2.05) is 11.9 Å². The summed E-state index contributed by atoms with van der Waals surface area (Å²) in [6, 6.07) is 4.29. The van der Waals surface area contributed by atoms with Crippen LogP contribution in [-0.4, -0.2) is 53.0 Å². The smallest absolute Gasteiger partial charge is 0.353 e. The Hall–Kier alpha value is -2.52. The van der Waals surface area contributed by atoms with Crippen LogP contribution in [0.25, 0.3) is 0 Å². The van der Waals surface area contributed by atoms with Gasteiger partial charge in [-0.2, -0.15) is 0 Å². The number of hydrogen-bond donors (Lipinski definition) is 1. The number of nitrogens with zero attached hydrogens (tertiary/aromatic N) is 5. The van der Waals surface area contributed by atoms with Crippen LogP contribution >= 0.6 is 11.6 Å². The maximum absolute atomic E-state index is 13.9. The van der Waals surface area contributed by atoms with Gasteiger partial charge in [0.1, 0.15) is 12.1 Å². The highest BCUT2D eigenvalue weighted by molar-refractivity contribution is 6.30.